The Morgan fingerprint density at radius 1 is 1.00 bits per heavy atom. The number of fused-ring (bicyclic) bond motifs is 1. The van der Waals surface area contributed by atoms with E-state index in [-0.39, 0.29) is 55.8 Å². The molecule has 0 spiro atoms. The lowest BCUT2D eigenvalue weighted by Gasteiger charge is -2.35. The summed E-state index contributed by atoms with van der Waals surface area (Å²) in [7, 11) is 0. The van der Waals surface area contributed by atoms with Crippen molar-refractivity contribution in [3.05, 3.63) is 65.5 Å². The molecule has 11 heteroatoms. The standard InChI is InChI=1S/C34H42FN3O7/c1-4-6-23(7-5-2)38(24-9-10-26(35)21(3)16-24)32(41)19-36-18-25(22-8-11-28-29(17-22)45-20-44-28)33(34(42)43)27(36)14-15-37-30(39)12-13-31(37)40/h8-13,16-17,23,25,27,33,39-40H,4-7,14-15,18-20H2,1-3H3,(H,42,43)/t25-,27+,33?/m1/s1. The highest BCUT2D eigenvalue weighted by molar-refractivity contribution is 5.95. The molecule has 0 saturated carbocycles. The van der Waals surface area contributed by atoms with Gasteiger partial charge in [0.2, 0.25) is 12.7 Å². The van der Waals surface area contributed by atoms with Crippen LogP contribution in [0.1, 0.15) is 63.0 Å². The number of benzene rings is 2. The molecule has 1 unspecified atom stereocenters. The zero-order valence-electron chi connectivity index (χ0n) is 26.0. The number of rotatable bonds is 13. The first-order valence-corrected chi connectivity index (χ1v) is 15.6. The van der Waals surface area contributed by atoms with Crippen molar-refractivity contribution in [1.29, 1.82) is 0 Å². The van der Waals surface area contributed by atoms with Crippen molar-refractivity contribution >= 4 is 17.6 Å². The van der Waals surface area contributed by atoms with Gasteiger partial charge >= 0.3 is 5.97 Å². The second-order valence-electron chi connectivity index (χ2n) is 12.0. The number of carbonyl (C=O) groups is 2. The van der Waals surface area contributed by atoms with E-state index in [9.17, 15) is 29.3 Å². The molecule has 1 aromatic heterocycles. The molecule has 2 aliphatic rings. The van der Waals surface area contributed by atoms with Crippen LogP contribution in [-0.4, -0.2) is 68.6 Å². The van der Waals surface area contributed by atoms with Gasteiger partial charge in [-0.15, -0.1) is 0 Å². The Hall–Kier alpha value is -4.25. The van der Waals surface area contributed by atoms with Crippen molar-refractivity contribution < 1.29 is 38.8 Å². The minimum absolute atomic E-state index is 0.0561. The van der Waals surface area contributed by atoms with Gasteiger partial charge in [0.1, 0.15) is 5.82 Å². The summed E-state index contributed by atoms with van der Waals surface area (Å²) >= 11 is 0. The topological polar surface area (TPSA) is 125 Å². The van der Waals surface area contributed by atoms with Crippen LogP contribution < -0.4 is 14.4 Å². The highest BCUT2D eigenvalue weighted by atomic mass is 19.1. The van der Waals surface area contributed by atoms with Crippen molar-refractivity contribution in [3.8, 4) is 23.3 Å². The van der Waals surface area contributed by atoms with E-state index in [1.165, 1.54) is 22.8 Å². The molecule has 1 fully saturated rings. The molecule has 3 aromatic rings. The number of hydrogen-bond acceptors (Lipinski definition) is 7. The monoisotopic (exact) mass is 623 g/mol. The molecular formula is C34H42FN3O7. The fourth-order valence-corrected chi connectivity index (χ4v) is 6.93. The van der Waals surface area contributed by atoms with Gasteiger partial charge in [0.05, 0.1) is 12.5 Å². The number of aromatic nitrogens is 1. The van der Waals surface area contributed by atoms with Gasteiger partial charge in [-0.25, -0.2) is 4.39 Å². The highest BCUT2D eigenvalue weighted by Gasteiger charge is 2.47. The zero-order valence-corrected chi connectivity index (χ0v) is 26.0. The minimum Gasteiger partial charge on any atom is -0.494 e. The number of amides is 1. The lowest BCUT2D eigenvalue weighted by Crippen LogP contribution is -2.48. The van der Waals surface area contributed by atoms with Crippen LogP contribution >= 0.6 is 0 Å². The smallest absolute Gasteiger partial charge is 0.308 e. The predicted molar refractivity (Wildman–Crippen MR) is 166 cm³/mol. The first-order valence-electron chi connectivity index (χ1n) is 15.6. The number of aryl methyl sites for hydroxylation is 1. The summed E-state index contributed by atoms with van der Waals surface area (Å²) in [5.74, 6) is -2.02. The summed E-state index contributed by atoms with van der Waals surface area (Å²) in [5.41, 5.74) is 1.82. The number of hydrogen-bond donors (Lipinski definition) is 3. The molecule has 0 radical (unpaired) electrons. The molecule has 45 heavy (non-hydrogen) atoms. The summed E-state index contributed by atoms with van der Waals surface area (Å²) in [6.45, 7) is 6.28. The Morgan fingerprint density at radius 2 is 1.69 bits per heavy atom. The molecule has 2 aliphatic heterocycles. The van der Waals surface area contributed by atoms with E-state index in [1.54, 1.807) is 36.1 Å². The quantitative estimate of drug-likeness (QED) is 0.224. The van der Waals surface area contributed by atoms with Crippen LogP contribution in [0.4, 0.5) is 10.1 Å². The van der Waals surface area contributed by atoms with Crippen LogP contribution in [0.25, 0.3) is 0 Å². The number of aromatic hydroxyl groups is 2. The molecule has 1 saturated heterocycles. The van der Waals surface area contributed by atoms with Gasteiger partial charge in [0.15, 0.2) is 23.3 Å². The van der Waals surface area contributed by atoms with Crippen molar-refractivity contribution in [2.45, 2.75) is 77.4 Å². The number of carboxylic acid groups (broad SMARTS) is 1. The second kappa shape index (κ2) is 13.8. The molecule has 1 amide bonds. The first-order chi connectivity index (χ1) is 21.6. The maximum absolute atomic E-state index is 14.4. The minimum atomic E-state index is -1.00. The average molecular weight is 624 g/mol. The third-order valence-electron chi connectivity index (χ3n) is 9.08. The van der Waals surface area contributed by atoms with Gasteiger partial charge in [-0.3, -0.25) is 19.1 Å². The van der Waals surface area contributed by atoms with Crippen molar-refractivity contribution in [1.82, 2.24) is 9.47 Å². The lowest BCUT2D eigenvalue weighted by molar-refractivity contribution is -0.143. The van der Waals surface area contributed by atoms with Gasteiger partial charge in [-0.1, -0.05) is 32.8 Å². The summed E-state index contributed by atoms with van der Waals surface area (Å²) in [6, 6.07) is 12.2. The first kappa shape index (κ1) is 32.2. The van der Waals surface area contributed by atoms with Crippen LogP contribution in [0.15, 0.2) is 48.5 Å². The maximum Gasteiger partial charge on any atom is 0.308 e. The normalized spacial score (nSPS) is 19.4. The van der Waals surface area contributed by atoms with Crippen molar-refractivity contribution in [2.24, 2.45) is 5.92 Å². The number of nitrogens with zero attached hydrogens (tertiary/aromatic N) is 3. The Bertz CT molecular complexity index is 1500. The van der Waals surface area contributed by atoms with E-state index in [0.717, 1.165) is 31.2 Å². The molecule has 3 heterocycles. The third-order valence-corrected chi connectivity index (χ3v) is 9.08. The number of anilines is 1. The van der Waals surface area contributed by atoms with Gasteiger partial charge in [-0.2, -0.15) is 0 Å². The van der Waals surface area contributed by atoms with Crippen LogP contribution in [0.5, 0.6) is 23.3 Å². The third kappa shape index (κ3) is 6.73. The molecule has 3 atom stereocenters. The maximum atomic E-state index is 14.4. The molecule has 2 aromatic carbocycles. The number of carboxylic acids is 1. The van der Waals surface area contributed by atoms with E-state index in [2.05, 4.69) is 13.8 Å². The molecule has 0 aliphatic carbocycles. The largest absolute Gasteiger partial charge is 0.494 e. The van der Waals surface area contributed by atoms with Gasteiger partial charge < -0.3 is 29.7 Å². The fourth-order valence-electron chi connectivity index (χ4n) is 6.93. The van der Waals surface area contributed by atoms with E-state index in [0.29, 0.717) is 29.3 Å². The van der Waals surface area contributed by atoms with Crippen LogP contribution in [0.3, 0.4) is 0 Å². The van der Waals surface area contributed by atoms with Gasteiger partial charge in [-0.05, 0) is 67.6 Å². The summed E-state index contributed by atoms with van der Waals surface area (Å²) in [5, 5.41) is 31.1. The Morgan fingerprint density at radius 3 is 2.33 bits per heavy atom. The van der Waals surface area contributed by atoms with E-state index >= 15 is 0 Å². The molecular weight excluding hydrogens is 581 g/mol. The van der Waals surface area contributed by atoms with E-state index in [1.807, 2.05) is 11.0 Å². The zero-order chi connectivity index (χ0) is 32.2. The number of ether oxygens (including phenoxy) is 2. The number of halogens is 1. The number of aliphatic carboxylic acids is 1. The lowest BCUT2D eigenvalue weighted by atomic mass is 9.84. The van der Waals surface area contributed by atoms with E-state index < -0.39 is 23.8 Å². The molecule has 3 N–H and O–H groups in total. The van der Waals surface area contributed by atoms with Gasteiger partial charge in [0.25, 0.3) is 0 Å². The molecule has 5 rings (SSSR count). The summed E-state index contributed by atoms with van der Waals surface area (Å²) in [4.78, 5) is 31.0. The molecule has 242 valence electrons. The molecule has 10 nitrogen and oxygen atoms in total. The Kier molecular flexibility index (Phi) is 9.86. The Labute approximate surface area is 262 Å². The Balaban J connectivity index is 1.50. The van der Waals surface area contributed by atoms with Crippen molar-refractivity contribution in [2.75, 3.05) is 24.8 Å². The summed E-state index contributed by atoms with van der Waals surface area (Å²) < 4.78 is 26.6. The van der Waals surface area contributed by atoms with Crippen LogP contribution in [0, 0.1) is 18.7 Å². The summed E-state index contributed by atoms with van der Waals surface area (Å²) in [6.07, 6.45) is 3.51. The predicted octanol–water partition coefficient (Wildman–Crippen LogP) is 5.64. The average Bonchev–Trinajstić information content (AvgIpc) is 3.71. The van der Waals surface area contributed by atoms with Crippen LogP contribution in [-0.2, 0) is 16.1 Å². The SMILES string of the molecule is CCCC(CCC)N(C(=O)CN1C[C@H](c2ccc3c(c2)OCO3)C(C(=O)O)[C@@H]1CCn1c(O)ccc1O)c1ccc(F)c(C)c1. The highest BCUT2D eigenvalue weighted by Crippen LogP contribution is 2.43. The van der Waals surface area contributed by atoms with E-state index in [4.69, 9.17) is 9.47 Å². The van der Waals surface area contributed by atoms with Crippen molar-refractivity contribution in [3.63, 3.8) is 0 Å². The number of carbonyl (C=O) groups excluding carboxylic acids is 1. The second-order valence-corrected chi connectivity index (χ2v) is 12.0. The van der Waals surface area contributed by atoms with Crippen LogP contribution in [0.2, 0.25) is 0 Å². The number of likely N-dealkylation sites (tertiary alicyclic amines) is 1. The fraction of sp³-hybridized carbons (Fsp3) is 0.471. The van der Waals surface area contributed by atoms with Gasteiger partial charge in [0, 0.05) is 48.9 Å². The molecule has 0 bridgehead atoms.